The van der Waals surface area contributed by atoms with Crippen molar-refractivity contribution in [3.8, 4) is 0 Å². The van der Waals surface area contributed by atoms with E-state index in [-0.39, 0.29) is 17.8 Å². The van der Waals surface area contributed by atoms with Crippen molar-refractivity contribution in [2.24, 2.45) is 0 Å². The van der Waals surface area contributed by atoms with Crippen LogP contribution < -0.4 is 0 Å². The van der Waals surface area contributed by atoms with Gasteiger partial charge in [-0.3, -0.25) is 4.79 Å². The highest BCUT2D eigenvalue weighted by molar-refractivity contribution is 7.99. The summed E-state index contributed by atoms with van der Waals surface area (Å²) in [6.07, 6.45) is 4.18. The second-order valence-corrected chi connectivity index (χ2v) is 4.75. The topological polar surface area (TPSA) is 57.5 Å². The average Bonchev–Trinajstić information content (AvgIpc) is 2.08. The zero-order valence-corrected chi connectivity index (χ0v) is 8.42. The molecule has 1 saturated carbocycles. The molecule has 0 saturated heterocycles. The van der Waals surface area contributed by atoms with Crippen molar-refractivity contribution in [2.75, 3.05) is 5.75 Å². The lowest BCUT2D eigenvalue weighted by atomic mass is 9.97. The number of hydrogen-bond donors (Lipinski definition) is 2. The second-order valence-electron chi connectivity index (χ2n) is 3.40. The van der Waals surface area contributed by atoms with Gasteiger partial charge in [0.1, 0.15) is 0 Å². The molecule has 0 bridgehead atoms. The summed E-state index contributed by atoms with van der Waals surface area (Å²) in [7, 11) is 0. The molecule has 0 unspecified atom stereocenters. The number of aliphatic carboxylic acids is 1. The van der Waals surface area contributed by atoms with Crippen LogP contribution in [0.1, 0.15) is 32.1 Å². The summed E-state index contributed by atoms with van der Waals surface area (Å²) in [5.74, 6) is -0.130. The highest BCUT2D eigenvalue weighted by Crippen LogP contribution is 2.28. The Morgan fingerprint density at radius 1 is 1.38 bits per heavy atom. The molecule has 76 valence electrons. The number of aliphatic hydroxyl groups excluding tert-OH is 1. The highest BCUT2D eigenvalue weighted by atomic mass is 32.2. The Kier molecular flexibility index (Phi) is 4.59. The lowest BCUT2D eigenvalue weighted by molar-refractivity contribution is -0.136. The maximum Gasteiger partial charge on any atom is 0.304 e. The van der Waals surface area contributed by atoms with Gasteiger partial charge in [0.2, 0.25) is 0 Å². The normalized spacial score (nSPS) is 28.7. The van der Waals surface area contributed by atoms with E-state index in [1.54, 1.807) is 11.8 Å². The van der Waals surface area contributed by atoms with Crippen LogP contribution in [0.5, 0.6) is 0 Å². The molecular formula is C9H16O3S. The van der Waals surface area contributed by atoms with Gasteiger partial charge in [-0.25, -0.2) is 0 Å². The van der Waals surface area contributed by atoms with Crippen molar-refractivity contribution in [1.29, 1.82) is 0 Å². The van der Waals surface area contributed by atoms with Gasteiger partial charge < -0.3 is 10.2 Å². The van der Waals surface area contributed by atoms with E-state index in [2.05, 4.69) is 0 Å². The molecule has 13 heavy (non-hydrogen) atoms. The van der Waals surface area contributed by atoms with Crippen LogP contribution in [-0.4, -0.2) is 33.3 Å². The van der Waals surface area contributed by atoms with E-state index in [9.17, 15) is 9.90 Å². The fourth-order valence-corrected chi connectivity index (χ4v) is 2.86. The van der Waals surface area contributed by atoms with E-state index in [1.165, 1.54) is 6.42 Å². The van der Waals surface area contributed by atoms with E-state index in [0.717, 1.165) is 19.3 Å². The summed E-state index contributed by atoms with van der Waals surface area (Å²) in [6.45, 7) is 0. The van der Waals surface area contributed by atoms with E-state index in [0.29, 0.717) is 5.75 Å². The van der Waals surface area contributed by atoms with E-state index in [1.807, 2.05) is 0 Å². The fourth-order valence-electron chi connectivity index (χ4n) is 1.57. The van der Waals surface area contributed by atoms with Gasteiger partial charge in [-0.2, -0.15) is 11.8 Å². The van der Waals surface area contributed by atoms with Gasteiger partial charge in [0.15, 0.2) is 0 Å². The number of carboxylic acids is 1. The average molecular weight is 204 g/mol. The molecule has 0 heterocycles. The zero-order chi connectivity index (χ0) is 9.68. The van der Waals surface area contributed by atoms with Gasteiger partial charge in [0.25, 0.3) is 0 Å². The summed E-state index contributed by atoms with van der Waals surface area (Å²) >= 11 is 1.60. The molecule has 0 aliphatic heterocycles. The molecule has 0 amide bonds. The van der Waals surface area contributed by atoms with Gasteiger partial charge in [-0.05, 0) is 12.8 Å². The quantitative estimate of drug-likeness (QED) is 0.728. The number of hydrogen-bond acceptors (Lipinski definition) is 3. The maximum atomic E-state index is 10.2. The first kappa shape index (κ1) is 10.9. The van der Waals surface area contributed by atoms with Crippen molar-refractivity contribution in [3.05, 3.63) is 0 Å². The Morgan fingerprint density at radius 3 is 2.69 bits per heavy atom. The first-order valence-corrected chi connectivity index (χ1v) is 5.76. The summed E-state index contributed by atoms with van der Waals surface area (Å²) in [5.41, 5.74) is 0. The van der Waals surface area contributed by atoms with Crippen molar-refractivity contribution < 1.29 is 15.0 Å². The number of thioether (sulfide) groups is 1. The molecule has 3 nitrogen and oxygen atoms in total. The monoisotopic (exact) mass is 204 g/mol. The molecule has 1 aliphatic rings. The summed E-state index contributed by atoms with van der Waals surface area (Å²) in [6, 6.07) is 0. The van der Waals surface area contributed by atoms with Crippen LogP contribution in [0.2, 0.25) is 0 Å². The number of aliphatic hydroxyl groups is 1. The minimum absolute atomic E-state index is 0.202. The van der Waals surface area contributed by atoms with E-state index < -0.39 is 5.97 Å². The molecule has 0 radical (unpaired) electrons. The van der Waals surface area contributed by atoms with Crippen molar-refractivity contribution in [1.82, 2.24) is 0 Å². The Labute approximate surface area is 82.5 Å². The minimum Gasteiger partial charge on any atom is -0.481 e. The second kappa shape index (κ2) is 5.50. The molecule has 0 spiro atoms. The van der Waals surface area contributed by atoms with Crippen LogP contribution in [0.15, 0.2) is 0 Å². The van der Waals surface area contributed by atoms with Crippen LogP contribution in [0.4, 0.5) is 0 Å². The number of carbonyl (C=O) groups is 1. The smallest absolute Gasteiger partial charge is 0.304 e. The molecule has 4 heteroatoms. The Hall–Kier alpha value is -0.220. The van der Waals surface area contributed by atoms with E-state index >= 15 is 0 Å². The van der Waals surface area contributed by atoms with Crippen LogP contribution in [0.25, 0.3) is 0 Å². The van der Waals surface area contributed by atoms with Gasteiger partial charge in [-0.15, -0.1) is 0 Å². The third-order valence-corrected chi connectivity index (χ3v) is 3.73. The standard InChI is InChI=1S/C9H16O3S/c10-7-3-1-2-4-8(7)13-6-5-9(11)12/h7-8,10H,1-6H2,(H,11,12)/t7-,8-/m0/s1. The number of carboxylic acid groups (broad SMARTS) is 1. The molecule has 1 fully saturated rings. The van der Waals surface area contributed by atoms with Crippen molar-refractivity contribution in [2.45, 2.75) is 43.5 Å². The third-order valence-electron chi connectivity index (χ3n) is 2.32. The lowest BCUT2D eigenvalue weighted by Crippen LogP contribution is -2.27. The summed E-state index contributed by atoms with van der Waals surface area (Å²) < 4.78 is 0. The van der Waals surface area contributed by atoms with Gasteiger partial charge in [-0.1, -0.05) is 12.8 Å². The predicted octanol–water partition coefficient (Wildman–Crippen LogP) is 1.50. The highest BCUT2D eigenvalue weighted by Gasteiger charge is 2.22. The van der Waals surface area contributed by atoms with E-state index in [4.69, 9.17) is 5.11 Å². The van der Waals surface area contributed by atoms with Crippen molar-refractivity contribution >= 4 is 17.7 Å². The molecule has 1 aliphatic carbocycles. The summed E-state index contributed by atoms with van der Waals surface area (Å²) in [5, 5.41) is 18.3. The van der Waals surface area contributed by atoms with Gasteiger partial charge in [0, 0.05) is 11.0 Å². The SMILES string of the molecule is O=C(O)CCS[C@H]1CCCC[C@@H]1O. The molecule has 0 aromatic rings. The van der Waals surface area contributed by atoms with Crippen molar-refractivity contribution in [3.63, 3.8) is 0 Å². The van der Waals surface area contributed by atoms with Crippen LogP contribution >= 0.6 is 11.8 Å². The van der Waals surface area contributed by atoms with Gasteiger partial charge in [0.05, 0.1) is 12.5 Å². The summed E-state index contributed by atoms with van der Waals surface area (Å²) in [4.78, 5) is 10.2. The first-order chi connectivity index (χ1) is 6.20. The Balaban J connectivity index is 2.15. The molecule has 2 atom stereocenters. The molecule has 1 rings (SSSR count). The largest absolute Gasteiger partial charge is 0.481 e. The predicted molar refractivity (Wildman–Crippen MR) is 53.0 cm³/mol. The van der Waals surface area contributed by atoms with Crippen LogP contribution in [0.3, 0.4) is 0 Å². The Morgan fingerprint density at radius 2 is 2.08 bits per heavy atom. The maximum absolute atomic E-state index is 10.2. The number of rotatable bonds is 4. The lowest BCUT2D eigenvalue weighted by Gasteiger charge is -2.26. The molecule has 2 N–H and O–H groups in total. The van der Waals surface area contributed by atoms with Crippen LogP contribution in [0, 0.1) is 0 Å². The first-order valence-electron chi connectivity index (χ1n) is 4.71. The molecular weight excluding hydrogens is 188 g/mol. The van der Waals surface area contributed by atoms with Crippen LogP contribution in [-0.2, 0) is 4.79 Å². The fraction of sp³-hybridized carbons (Fsp3) is 0.889. The Bertz CT molecular complexity index is 172. The zero-order valence-electron chi connectivity index (χ0n) is 7.61. The minimum atomic E-state index is -0.752. The van der Waals surface area contributed by atoms with Gasteiger partial charge >= 0.3 is 5.97 Å². The molecule has 0 aromatic heterocycles. The third kappa shape index (κ3) is 4.00. The molecule has 0 aromatic carbocycles.